The Morgan fingerprint density at radius 1 is 1.10 bits per heavy atom. The lowest BCUT2D eigenvalue weighted by Crippen LogP contribution is -2.31. The SMILES string of the molecule is CCOc1ccc(C2c3c(oc4c(C)cc(C)cc4c3=O)C(=O)N2CCCOC)cc1. The smallest absolute Gasteiger partial charge is 0.290 e. The number of rotatable bonds is 7. The largest absolute Gasteiger partial charge is 0.494 e. The Bertz CT molecular complexity index is 1180. The first-order chi connectivity index (χ1) is 15.0. The number of aryl methyl sites for hydroxylation is 2. The van der Waals surface area contributed by atoms with Crippen LogP contribution in [0.15, 0.2) is 45.6 Å². The summed E-state index contributed by atoms with van der Waals surface area (Å²) in [7, 11) is 1.63. The molecule has 6 nitrogen and oxygen atoms in total. The summed E-state index contributed by atoms with van der Waals surface area (Å²) < 4.78 is 16.8. The molecule has 1 aliphatic rings. The maximum absolute atomic E-state index is 13.6. The summed E-state index contributed by atoms with van der Waals surface area (Å²) in [6.45, 7) is 7.33. The second-order valence-corrected chi connectivity index (χ2v) is 7.88. The lowest BCUT2D eigenvalue weighted by Gasteiger charge is -2.25. The quantitative estimate of drug-likeness (QED) is 0.529. The molecule has 0 aliphatic carbocycles. The van der Waals surface area contributed by atoms with Crippen LogP contribution in [0.1, 0.15) is 52.2 Å². The maximum atomic E-state index is 13.6. The van der Waals surface area contributed by atoms with Crippen molar-refractivity contribution in [2.45, 2.75) is 33.2 Å². The van der Waals surface area contributed by atoms with Gasteiger partial charge in [-0.25, -0.2) is 0 Å². The number of benzene rings is 2. The second kappa shape index (κ2) is 8.55. The maximum Gasteiger partial charge on any atom is 0.290 e. The van der Waals surface area contributed by atoms with Crippen LogP contribution >= 0.6 is 0 Å². The summed E-state index contributed by atoms with van der Waals surface area (Å²) >= 11 is 0. The van der Waals surface area contributed by atoms with Crippen molar-refractivity contribution in [1.29, 1.82) is 0 Å². The molecule has 0 spiro atoms. The first kappa shape index (κ1) is 21.1. The van der Waals surface area contributed by atoms with E-state index >= 15 is 0 Å². The zero-order valence-corrected chi connectivity index (χ0v) is 18.4. The first-order valence-corrected chi connectivity index (χ1v) is 10.6. The Kier molecular flexibility index (Phi) is 5.83. The molecule has 0 bridgehead atoms. The molecule has 31 heavy (non-hydrogen) atoms. The normalized spacial score (nSPS) is 15.5. The molecule has 4 rings (SSSR count). The van der Waals surface area contributed by atoms with Gasteiger partial charge in [0.25, 0.3) is 5.91 Å². The number of carbonyl (C=O) groups is 1. The van der Waals surface area contributed by atoms with Crippen LogP contribution in [0.4, 0.5) is 0 Å². The van der Waals surface area contributed by atoms with E-state index < -0.39 is 6.04 Å². The molecule has 6 heteroatoms. The molecule has 0 saturated heterocycles. The van der Waals surface area contributed by atoms with Gasteiger partial charge in [0, 0.05) is 20.3 Å². The number of amides is 1. The predicted molar refractivity (Wildman–Crippen MR) is 119 cm³/mol. The molecule has 1 atom stereocenters. The van der Waals surface area contributed by atoms with Crippen LogP contribution in [0.5, 0.6) is 5.75 Å². The molecule has 0 N–H and O–H groups in total. The van der Waals surface area contributed by atoms with Gasteiger partial charge in [0.1, 0.15) is 11.3 Å². The number of methoxy groups -OCH3 is 1. The van der Waals surface area contributed by atoms with E-state index in [9.17, 15) is 9.59 Å². The number of fused-ring (bicyclic) bond motifs is 2. The summed E-state index contributed by atoms with van der Waals surface area (Å²) in [5, 5.41) is 0.513. The summed E-state index contributed by atoms with van der Waals surface area (Å²) in [5.74, 6) is 0.628. The molecule has 1 unspecified atom stereocenters. The van der Waals surface area contributed by atoms with E-state index in [0.717, 1.165) is 22.4 Å². The number of nitrogens with zero attached hydrogens (tertiary/aromatic N) is 1. The van der Waals surface area contributed by atoms with Gasteiger partial charge < -0.3 is 18.8 Å². The van der Waals surface area contributed by atoms with Gasteiger partial charge in [-0.2, -0.15) is 0 Å². The number of hydrogen-bond donors (Lipinski definition) is 0. The van der Waals surface area contributed by atoms with Gasteiger partial charge in [-0.3, -0.25) is 9.59 Å². The van der Waals surface area contributed by atoms with Crippen molar-refractivity contribution < 1.29 is 18.7 Å². The average molecular weight is 421 g/mol. The molecule has 0 fully saturated rings. The summed E-state index contributed by atoms with van der Waals surface area (Å²) in [4.78, 5) is 28.7. The Hall–Kier alpha value is -3.12. The zero-order chi connectivity index (χ0) is 22.1. The molecule has 1 amide bonds. The molecular weight excluding hydrogens is 394 g/mol. The molecule has 162 valence electrons. The molecular formula is C25H27NO5. The number of ether oxygens (including phenoxy) is 2. The molecule has 1 aliphatic heterocycles. The van der Waals surface area contributed by atoms with Crippen LogP contribution in [0.2, 0.25) is 0 Å². The van der Waals surface area contributed by atoms with Crippen LogP contribution in [0, 0.1) is 13.8 Å². The fourth-order valence-corrected chi connectivity index (χ4v) is 4.34. The van der Waals surface area contributed by atoms with Gasteiger partial charge in [0.2, 0.25) is 5.76 Å². The number of hydrogen-bond acceptors (Lipinski definition) is 5. The Labute approximate surface area is 181 Å². The highest BCUT2D eigenvalue weighted by atomic mass is 16.5. The van der Waals surface area contributed by atoms with Crippen molar-refractivity contribution in [2.75, 3.05) is 26.9 Å². The van der Waals surface area contributed by atoms with Crippen molar-refractivity contribution in [2.24, 2.45) is 0 Å². The van der Waals surface area contributed by atoms with Gasteiger partial charge >= 0.3 is 0 Å². The van der Waals surface area contributed by atoms with Gasteiger partial charge in [-0.1, -0.05) is 18.2 Å². The minimum absolute atomic E-state index is 0.140. The van der Waals surface area contributed by atoms with Crippen molar-refractivity contribution >= 4 is 16.9 Å². The van der Waals surface area contributed by atoms with Crippen LogP contribution in [0.3, 0.4) is 0 Å². The van der Waals surface area contributed by atoms with Crippen molar-refractivity contribution in [1.82, 2.24) is 4.90 Å². The van der Waals surface area contributed by atoms with Crippen molar-refractivity contribution in [3.63, 3.8) is 0 Å². The van der Waals surface area contributed by atoms with E-state index in [2.05, 4.69) is 0 Å². The zero-order valence-electron chi connectivity index (χ0n) is 18.4. The first-order valence-electron chi connectivity index (χ1n) is 10.6. The molecule has 2 heterocycles. The Morgan fingerprint density at radius 3 is 2.52 bits per heavy atom. The topological polar surface area (TPSA) is 69.0 Å². The molecule has 0 radical (unpaired) electrons. The Balaban J connectivity index is 1.89. The highest BCUT2D eigenvalue weighted by molar-refractivity contribution is 5.99. The number of carbonyl (C=O) groups excluding carboxylic acids is 1. The molecule has 1 aromatic heterocycles. The van der Waals surface area contributed by atoms with E-state index in [0.29, 0.717) is 42.7 Å². The van der Waals surface area contributed by atoms with Gasteiger partial charge in [-0.05, 0) is 62.1 Å². The van der Waals surface area contributed by atoms with Gasteiger partial charge in [-0.15, -0.1) is 0 Å². The van der Waals surface area contributed by atoms with E-state index in [1.807, 2.05) is 57.2 Å². The summed E-state index contributed by atoms with van der Waals surface area (Å²) in [6.07, 6.45) is 0.662. The van der Waals surface area contributed by atoms with E-state index in [1.54, 1.807) is 12.0 Å². The predicted octanol–water partition coefficient (Wildman–Crippen LogP) is 4.39. The van der Waals surface area contributed by atoms with Crippen LogP contribution < -0.4 is 10.2 Å². The molecule has 0 saturated carbocycles. The second-order valence-electron chi connectivity index (χ2n) is 7.88. The fraction of sp³-hybridized carbons (Fsp3) is 0.360. The van der Waals surface area contributed by atoms with Crippen LogP contribution in [-0.4, -0.2) is 37.7 Å². The monoisotopic (exact) mass is 421 g/mol. The Morgan fingerprint density at radius 2 is 1.84 bits per heavy atom. The van der Waals surface area contributed by atoms with Crippen molar-refractivity contribution in [3.8, 4) is 5.75 Å². The van der Waals surface area contributed by atoms with Crippen LogP contribution in [-0.2, 0) is 4.74 Å². The van der Waals surface area contributed by atoms with Crippen LogP contribution in [0.25, 0.3) is 11.0 Å². The summed E-state index contributed by atoms with van der Waals surface area (Å²) in [6, 6.07) is 10.8. The standard InChI is InChI=1S/C25H27NO5/c1-5-30-18-9-7-17(8-10-18)21-20-22(27)19-14-15(2)13-16(3)23(19)31-24(20)25(28)26(21)11-6-12-29-4/h7-10,13-14,21H,5-6,11-12H2,1-4H3. The third-order valence-electron chi connectivity index (χ3n) is 5.65. The lowest BCUT2D eigenvalue weighted by molar-refractivity contribution is 0.0708. The highest BCUT2D eigenvalue weighted by Gasteiger charge is 2.42. The average Bonchev–Trinajstić information content (AvgIpc) is 3.02. The molecule has 3 aromatic rings. The van der Waals surface area contributed by atoms with E-state index in [1.165, 1.54) is 0 Å². The van der Waals surface area contributed by atoms with Gasteiger partial charge in [0.15, 0.2) is 5.43 Å². The third kappa shape index (κ3) is 3.72. The van der Waals surface area contributed by atoms with E-state index in [-0.39, 0.29) is 17.1 Å². The summed E-state index contributed by atoms with van der Waals surface area (Å²) in [5.41, 5.74) is 3.42. The molecule has 2 aromatic carbocycles. The fourth-order valence-electron chi connectivity index (χ4n) is 4.34. The third-order valence-corrected chi connectivity index (χ3v) is 5.65. The van der Waals surface area contributed by atoms with Gasteiger partial charge in [0.05, 0.1) is 23.6 Å². The highest BCUT2D eigenvalue weighted by Crippen LogP contribution is 2.39. The minimum atomic E-state index is -0.503. The van der Waals surface area contributed by atoms with Crippen molar-refractivity contribution in [3.05, 3.63) is 74.6 Å². The minimum Gasteiger partial charge on any atom is -0.494 e. The lowest BCUT2D eigenvalue weighted by atomic mass is 9.97. The van der Waals surface area contributed by atoms with E-state index in [4.69, 9.17) is 13.9 Å².